The number of nitrogens with zero attached hydrogens (tertiary/aromatic N) is 3. The van der Waals surface area contributed by atoms with Gasteiger partial charge in [0, 0.05) is 25.9 Å². The minimum atomic E-state index is -1.37. The maximum Gasteiger partial charge on any atom is 0.235 e. The molecule has 0 bridgehead atoms. The predicted molar refractivity (Wildman–Crippen MR) is 83.7 cm³/mol. The maximum absolute atomic E-state index is 13.4. The molecule has 0 aromatic carbocycles. The van der Waals surface area contributed by atoms with Crippen molar-refractivity contribution in [3.8, 4) is 0 Å². The normalized spacial score (nSPS) is 43.5. The highest BCUT2D eigenvalue weighted by Crippen LogP contribution is 2.52. The summed E-state index contributed by atoms with van der Waals surface area (Å²) in [7, 11) is 0. The predicted octanol–water partition coefficient (Wildman–Crippen LogP) is 0.915. The van der Waals surface area contributed by atoms with E-state index in [1.54, 1.807) is 0 Å². The number of rotatable bonds is 1. The number of fused-ring (bicyclic) bond motifs is 3. The van der Waals surface area contributed by atoms with Gasteiger partial charge in [-0.05, 0) is 25.7 Å². The van der Waals surface area contributed by atoms with Gasteiger partial charge >= 0.3 is 0 Å². The molecule has 0 aromatic rings. The smallest absolute Gasteiger partial charge is 0.235 e. The number of ether oxygens (including phenoxy) is 1. The van der Waals surface area contributed by atoms with Gasteiger partial charge in [0.1, 0.15) is 0 Å². The van der Waals surface area contributed by atoms with Crippen molar-refractivity contribution in [3.63, 3.8) is 0 Å². The van der Waals surface area contributed by atoms with Crippen LogP contribution in [0, 0.1) is 11.1 Å². The third-order valence-electron chi connectivity index (χ3n) is 6.33. The molecule has 4 aliphatic rings. The Labute approximate surface area is 135 Å². The molecule has 2 N–H and O–H groups in total. The molecule has 0 spiro atoms. The number of aliphatic hydroxyl groups is 1. The van der Waals surface area contributed by atoms with Gasteiger partial charge < -0.3 is 20.3 Å². The van der Waals surface area contributed by atoms with E-state index in [1.807, 2.05) is 0 Å². The molecule has 7 heteroatoms. The molecule has 3 atom stereocenters. The lowest BCUT2D eigenvalue weighted by atomic mass is 9.65. The molecular formula is C16H25N3O4. The summed E-state index contributed by atoms with van der Waals surface area (Å²) in [4.78, 5) is 2.21. The topological polar surface area (TPSA) is 91.4 Å². The number of oxime groups is 1. The Bertz CT molecular complexity index is 558. The molecular weight excluding hydrogens is 298 g/mol. The first-order valence-corrected chi connectivity index (χ1v) is 8.76. The number of hydroxylamine groups is 1. The van der Waals surface area contributed by atoms with Gasteiger partial charge in [-0.3, -0.25) is 0 Å². The molecule has 4 rings (SSSR count). The molecule has 2 aliphatic heterocycles. The van der Waals surface area contributed by atoms with Gasteiger partial charge in [-0.2, -0.15) is 4.74 Å². The van der Waals surface area contributed by atoms with Crippen molar-refractivity contribution in [1.29, 1.82) is 0 Å². The lowest BCUT2D eigenvalue weighted by molar-refractivity contribution is -0.591. The van der Waals surface area contributed by atoms with Gasteiger partial charge in [-0.15, -0.1) is 0 Å². The summed E-state index contributed by atoms with van der Waals surface area (Å²) in [6.45, 7) is 2.67. The van der Waals surface area contributed by atoms with E-state index in [-0.39, 0.29) is 5.92 Å². The van der Waals surface area contributed by atoms with Crippen LogP contribution in [-0.4, -0.2) is 68.9 Å². The van der Waals surface area contributed by atoms with Crippen molar-refractivity contribution in [2.75, 3.05) is 26.3 Å². The van der Waals surface area contributed by atoms with Gasteiger partial charge in [0.25, 0.3) is 0 Å². The third kappa shape index (κ3) is 1.87. The summed E-state index contributed by atoms with van der Waals surface area (Å²) in [6.07, 6.45) is 5.42. The van der Waals surface area contributed by atoms with Crippen molar-refractivity contribution in [3.05, 3.63) is 5.21 Å². The van der Waals surface area contributed by atoms with Gasteiger partial charge in [0.15, 0.2) is 5.60 Å². The summed E-state index contributed by atoms with van der Waals surface area (Å²) in [5.41, 5.74) is -1.18. The van der Waals surface area contributed by atoms with Crippen LogP contribution in [0.2, 0.25) is 0 Å². The van der Waals surface area contributed by atoms with E-state index < -0.39 is 11.3 Å². The Morgan fingerprint density at radius 1 is 1.22 bits per heavy atom. The highest BCUT2D eigenvalue weighted by atomic mass is 16.5. The summed E-state index contributed by atoms with van der Waals surface area (Å²) >= 11 is 0. The van der Waals surface area contributed by atoms with Crippen LogP contribution >= 0.6 is 0 Å². The summed E-state index contributed by atoms with van der Waals surface area (Å²) in [5.74, 6) is -0.222. The summed E-state index contributed by atoms with van der Waals surface area (Å²) < 4.78 is 6.57. The van der Waals surface area contributed by atoms with Crippen LogP contribution in [-0.2, 0) is 4.74 Å². The van der Waals surface area contributed by atoms with E-state index in [4.69, 9.17) is 4.74 Å². The fourth-order valence-electron chi connectivity index (χ4n) is 5.37. The molecule has 128 valence electrons. The Kier molecular flexibility index (Phi) is 3.62. The average Bonchev–Trinajstić information content (AvgIpc) is 2.82. The van der Waals surface area contributed by atoms with Crippen molar-refractivity contribution in [2.24, 2.45) is 11.1 Å². The molecule has 2 saturated carbocycles. The first kappa shape index (κ1) is 15.4. The Balaban J connectivity index is 1.85. The molecule has 2 aliphatic carbocycles. The molecule has 7 nitrogen and oxygen atoms in total. The molecule has 0 amide bonds. The van der Waals surface area contributed by atoms with Crippen LogP contribution < -0.4 is 0 Å². The molecule has 23 heavy (non-hydrogen) atoms. The quantitative estimate of drug-likeness (QED) is 0.324. The van der Waals surface area contributed by atoms with Crippen molar-refractivity contribution in [1.82, 2.24) is 4.90 Å². The van der Waals surface area contributed by atoms with E-state index >= 15 is 0 Å². The SMILES string of the molecule is [O-][N+]1=C2CCC/C(=N\O)[C@@]2(O)[C@H]2CCCC[C@]21N1CCOCC1. The van der Waals surface area contributed by atoms with Crippen LogP contribution in [0.4, 0.5) is 0 Å². The Hall–Kier alpha value is -1.18. The molecule has 2 heterocycles. The Morgan fingerprint density at radius 3 is 2.74 bits per heavy atom. The molecule has 1 saturated heterocycles. The first-order chi connectivity index (χ1) is 11.2. The van der Waals surface area contributed by atoms with E-state index in [1.165, 1.54) is 0 Å². The van der Waals surface area contributed by atoms with E-state index in [9.17, 15) is 15.5 Å². The lowest BCUT2D eigenvalue weighted by Gasteiger charge is -2.47. The number of hydrogen-bond acceptors (Lipinski definition) is 6. The van der Waals surface area contributed by atoms with E-state index in [0.717, 1.165) is 36.8 Å². The van der Waals surface area contributed by atoms with Crippen molar-refractivity contribution < 1.29 is 19.8 Å². The van der Waals surface area contributed by atoms with Gasteiger partial charge in [-0.1, -0.05) is 11.6 Å². The Morgan fingerprint density at radius 2 is 2.00 bits per heavy atom. The second kappa shape index (κ2) is 5.43. The molecule has 3 fully saturated rings. The second-order valence-electron chi connectivity index (χ2n) is 7.18. The average molecular weight is 323 g/mol. The first-order valence-electron chi connectivity index (χ1n) is 8.76. The van der Waals surface area contributed by atoms with Gasteiger partial charge in [0.05, 0.1) is 24.8 Å². The van der Waals surface area contributed by atoms with Crippen LogP contribution in [0.5, 0.6) is 0 Å². The molecule has 0 radical (unpaired) electrons. The fraction of sp³-hybridized carbons (Fsp3) is 0.875. The van der Waals surface area contributed by atoms with E-state index in [0.29, 0.717) is 50.6 Å². The highest BCUT2D eigenvalue weighted by molar-refractivity contribution is 6.15. The minimum Gasteiger partial charge on any atom is -0.622 e. The zero-order chi connectivity index (χ0) is 16.1. The fourth-order valence-corrected chi connectivity index (χ4v) is 5.37. The largest absolute Gasteiger partial charge is 0.622 e. The summed E-state index contributed by atoms with van der Waals surface area (Å²) in [6, 6.07) is 0. The van der Waals surface area contributed by atoms with Crippen molar-refractivity contribution >= 4 is 11.4 Å². The minimum absolute atomic E-state index is 0.222. The van der Waals surface area contributed by atoms with Crippen LogP contribution in [0.3, 0.4) is 0 Å². The van der Waals surface area contributed by atoms with E-state index in [2.05, 4.69) is 10.1 Å². The zero-order valence-corrected chi connectivity index (χ0v) is 13.4. The van der Waals surface area contributed by atoms with Crippen LogP contribution in [0.25, 0.3) is 0 Å². The third-order valence-corrected chi connectivity index (χ3v) is 6.33. The lowest BCUT2D eigenvalue weighted by Crippen LogP contribution is -2.65. The van der Waals surface area contributed by atoms with Crippen LogP contribution in [0.1, 0.15) is 44.9 Å². The van der Waals surface area contributed by atoms with Gasteiger partial charge in [-0.25, -0.2) is 4.90 Å². The summed E-state index contributed by atoms with van der Waals surface area (Å²) in [5, 5.41) is 37.7. The molecule has 0 aromatic heterocycles. The van der Waals surface area contributed by atoms with Gasteiger partial charge in [0.2, 0.25) is 11.4 Å². The maximum atomic E-state index is 13.4. The molecule has 0 unspecified atom stereocenters. The number of hydrogen-bond donors (Lipinski definition) is 2. The monoisotopic (exact) mass is 323 g/mol. The second-order valence-corrected chi connectivity index (χ2v) is 7.18. The number of morpholine rings is 1. The standard InChI is InChI=1S/C16H25N3O4/c20-16-12-4-1-2-7-15(12,18-8-10-23-11-9-18)19(22)14(16)6-3-5-13(16)17-21/h12,20-21H,1-11H2/b17-13+/t12-,15+,16-/m0/s1. The highest BCUT2D eigenvalue weighted by Gasteiger charge is 2.71. The van der Waals surface area contributed by atoms with Crippen LogP contribution in [0.15, 0.2) is 5.16 Å². The van der Waals surface area contributed by atoms with Crippen molar-refractivity contribution in [2.45, 2.75) is 56.2 Å². The zero-order valence-electron chi connectivity index (χ0n) is 13.4.